The van der Waals surface area contributed by atoms with Crippen LogP contribution in [0, 0.1) is 0 Å². The van der Waals surface area contributed by atoms with Crippen LogP contribution in [-0.4, -0.2) is 20.7 Å². The Balaban J connectivity index is 3.00. The second kappa shape index (κ2) is 3.68. The number of rotatable bonds is 3. The zero-order chi connectivity index (χ0) is 5.70. The summed E-state index contributed by atoms with van der Waals surface area (Å²) >= 11 is 0. The largest absolute Gasteiger partial charge is 0.500 e. The van der Waals surface area contributed by atoms with Crippen molar-refractivity contribution in [1.82, 2.24) is 5.32 Å². The quantitative estimate of drug-likeness (QED) is 0.518. The number of ether oxygens (including phenoxy) is 1. The fourth-order valence-corrected chi connectivity index (χ4v) is 0.269. The van der Waals surface area contributed by atoms with Crippen LogP contribution >= 0.6 is 0 Å². The lowest BCUT2D eigenvalue weighted by Gasteiger charge is -1.99. The molecule has 0 aromatic carbocycles. The highest BCUT2D eigenvalue weighted by molar-refractivity contribution is 4.83. The van der Waals surface area contributed by atoms with Gasteiger partial charge in [-0.2, -0.15) is 0 Å². The number of nitrogens with one attached hydrogen (secondary N) is 1. The van der Waals surface area contributed by atoms with Gasteiger partial charge in [0.25, 0.3) is 0 Å². The minimum Gasteiger partial charge on any atom is -0.500 e. The molecule has 2 nitrogen and oxygen atoms in total. The van der Waals surface area contributed by atoms with Crippen molar-refractivity contribution in [3.8, 4) is 0 Å². The van der Waals surface area contributed by atoms with Crippen molar-refractivity contribution in [2.24, 2.45) is 0 Å². The number of hydrogen-bond acceptors (Lipinski definition) is 2. The summed E-state index contributed by atoms with van der Waals surface area (Å²) in [5.74, 6) is 0.766. The zero-order valence-electron chi connectivity index (χ0n) is 4.82. The molecular formula is C5H11NO. The highest BCUT2D eigenvalue weighted by Gasteiger charge is 1.82. The maximum atomic E-state index is 4.73. The summed E-state index contributed by atoms with van der Waals surface area (Å²) in [6.45, 7) is 4.31. The van der Waals surface area contributed by atoms with Crippen molar-refractivity contribution in [2.45, 2.75) is 0 Å². The average molecular weight is 101 g/mol. The van der Waals surface area contributed by atoms with Crippen molar-refractivity contribution >= 4 is 0 Å². The van der Waals surface area contributed by atoms with Crippen LogP contribution in [0.5, 0.6) is 0 Å². The lowest BCUT2D eigenvalue weighted by molar-refractivity contribution is 0.284. The van der Waals surface area contributed by atoms with Gasteiger partial charge in [-0.25, -0.2) is 0 Å². The third-order valence-corrected chi connectivity index (χ3v) is 0.663. The first-order valence-corrected chi connectivity index (χ1v) is 2.17. The third kappa shape index (κ3) is 3.33. The SMILES string of the molecule is C=C(CNC)OC. The predicted molar refractivity (Wildman–Crippen MR) is 30.1 cm³/mol. The molecule has 0 saturated heterocycles. The minimum atomic E-state index is 0.733. The fraction of sp³-hybridized carbons (Fsp3) is 0.600. The number of hydrogen-bond donors (Lipinski definition) is 1. The minimum absolute atomic E-state index is 0.733. The van der Waals surface area contributed by atoms with E-state index in [0.717, 1.165) is 12.3 Å². The van der Waals surface area contributed by atoms with Crippen LogP contribution in [0.4, 0.5) is 0 Å². The van der Waals surface area contributed by atoms with Crippen LogP contribution < -0.4 is 5.32 Å². The molecule has 0 radical (unpaired) electrons. The molecule has 0 atom stereocenters. The van der Waals surface area contributed by atoms with Gasteiger partial charge >= 0.3 is 0 Å². The summed E-state index contributed by atoms with van der Waals surface area (Å²) in [4.78, 5) is 0. The first-order chi connectivity index (χ1) is 3.31. The van der Waals surface area contributed by atoms with E-state index in [9.17, 15) is 0 Å². The van der Waals surface area contributed by atoms with E-state index >= 15 is 0 Å². The van der Waals surface area contributed by atoms with Crippen molar-refractivity contribution in [3.05, 3.63) is 12.3 Å². The van der Waals surface area contributed by atoms with Gasteiger partial charge in [-0.15, -0.1) is 0 Å². The molecule has 42 valence electrons. The van der Waals surface area contributed by atoms with Crippen LogP contribution in [0.25, 0.3) is 0 Å². The van der Waals surface area contributed by atoms with Gasteiger partial charge in [-0.3, -0.25) is 0 Å². The second-order valence-electron chi connectivity index (χ2n) is 1.27. The molecule has 0 unspecified atom stereocenters. The average Bonchev–Trinajstić information content (AvgIpc) is 1.68. The molecule has 0 bridgehead atoms. The zero-order valence-corrected chi connectivity index (χ0v) is 4.82. The van der Waals surface area contributed by atoms with E-state index in [2.05, 4.69) is 11.9 Å². The summed E-state index contributed by atoms with van der Waals surface area (Å²) in [6.07, 6.45) is 0. The molecule has 0 rings (SSSR count). The summed E-state index contributed by atoms with van der Waals surface area (Å²) in [5, 5.41) is 2.89. The molecule has 0 fully saturated rings. The molecule has 0 spiro atoms. The molecular weight excluding hydrogens is 90.1 g/mol. The second-order valence-corrected chi connectivity index (χ2v) is 1.27. The Morgan fingerprint density at radius 1 is 1.86 bits per heavy atom. The van der Waals surface area contributed by atoms with E-state index in [1.54, 1.807) is 7.11 Å². The lowest BCUT2D eigenvalue weighted by atomic mass is 10.6. The van der Waals surface area contributed by atoms with Crippen LogP contribution in [0.3, 0.4) is 0 Å². The van der Waals surface area contributed by atoms with Gasteiger partial charge in [-0.1, -0.05) is 6.58 Å². The molecule has 0 aliphatic carbocycles. The van der Waals surface area contributed by atoms with Gasteiger partial charge in [0.1, 0.15) is 5.76 Å². The van der Waals surface area contributed by atoms with Crippen LogP contribution in [0.1, 0.15) is 0 Å². The standard InChI is InChI=1S/C5H11NO/c1-5(7-3)4-6-2/h6H,1,4H2,2-3H3. The van der Waals surface area contributed by atoms with Crippen LogP contribution in [0.2, 0.25) is 0 Å². The highest BCUT2D eigenvalue weighted by Crippen LogP contribution is 1.82. The summed E-state index contributed by atoms with van der Waals surface area (Å²) in [6, 6.07) is 0. The van der Waals surface area contributed by atoms with Crippen molar-refractivity contribution in [2.75, 3.05) is 20.7 Å². The van der Waals surface area contributed by atoms with Gasteiger partial charge in [0.05, 0.1) is 13.7 Å². The summed E-state index contributed by atoms with van der Waals surface area (Å²) in [5.41, 5.74) is 0. The summed E-state index contributed by atoms with van der Waals surface area (Å²) in [7, 11) is 3.46. The number of methoxy groups -OCH3 is 1. The van der Waals surface area contributed by atoms with Gasteiger partial charge in [0.15, 0.2) is 0 Å². The van der Waals surface area contributed by atoms with Gasteiger partial charge in [-0.05, 0) is 7.05 Å². The Hall–Kier alpha value is -0.500. The molecule has 0 aromatic rings. The van der Waals surface area contributed by atoms with Crippen molar-refractivity contribution in [3.63, 3.8) is 0 Å². The van der Waals surface area contributed by atoms with Gasteiger partial charge < -0.3 is 10.1 Å². The monoisotopic (exact) mass is 101 g/mol. The van der Waals surface area contributed by atoms with Crippen molar-refractivity contribution < 1.29 is 4.74 Å². The Kier molecular flexibility index (Phi) is 3.42. The fourth-order valence-electron chi connectivity index (χ4n) is 0.269. The van der Waals surface area contributed by atoms with Crippen LogP contribution in [-0.2, 0) is 4.74 Å². The first-order valence-electron chi connectivity index (χ1n) is 2.17. The van der Waals surface area contributed by atoms with Crippen molar-refractivity contribution in [1.29, 1.82) is 0 Å². The van der Waals surface area contributed by atoms with E-state index in [4.69, 9.17) is 4.74 Å². The van der Waals surface area contributed by atoms with E-state index in [0.29, 0.717) is 0 Å². The smallest absolute Gasteiger partial charge is 0.102 e. The van der Waals surface area contributed by atoms with Crippen LogP contribution in [0.15, 0.2) is 12.3 Å². The third-order valence-electron chi connectivity index (χ3n) is 0.663. The molecule has 0 heterocycles. The molecule has 0 aromatic heterocycles. The molecule has 0 amide bonds. The predicted octanol–water partition coefficient (Wildman–Crippen LogP) is 0.366. The van der Waals surface area contributed by atoms with E-state index in [1.807, 2.05) is 7.05 Å². The maximum absolute atomic E-state index is 4.73. The Bertz CT molecular complexity index is 61.1. The normalized spacial score (nSPS) is 8.29. The highest BCUT2D eigenvalue weighted by atomic mass is 16.5. The molecule has 0 saturated carbocycles. The van der Waals surface area contributed by atoms with Gasteiger partial charge in [0, 0.05) is 0 Å². The lowest BCUT2D eigenvalue weighted by Crippen LogP contribution is -2.10. The first kappa shape index (κ1) is 6.50. The molecule has 7 heavy (non-hydrogen) atoms. The van der Waals surface area contributed by atoms with E-state index in [-0.39, 0.29) is 0 Å². The maximum Gasteiger partial charge on any atom is 0.102 e. The topological polar surface area (TPSA) is 21.3 Å². The molecule has 0 aliphatic heterocycles. The molecule has 2 heteroatoms. The molecule has 1 N–H and O–H groups in total. The Labute approximate surface area is 44.2 Å². The van der Waals surface area contributed by atoms with Gasteiger partial charge in [0.2, 0.25) is 0 Å². The Morgan fingerprint density at radius 2 is 2.43 bits per heavy atom. The molecule has 0 aliphatic rings. The Morgan fingerprint density at radius 3 is 2.57 bits per heavy atom. The number of likely N-dealkylation sites (N-methyl/N-ethyl adjacent to an activating group) is 1. The van der Waals surface area contributed by atoms with E-state index in [1.165, 1.54) is 0 Å². The van der Waals surface area contributed by atoms with E-state index < -0.39 is 0 Å². The summed E-state index contributed by atoms with van der Waals surface area (Å²) < 4.78 is 4.73.